The van der Waals surface area contributed by atoms with Gasteiger partial charge in [-0.25, -0.2) is 0 Å². The highest BCUT2D eigenvalue weighted by Crippen LogP contribution is 2.29. The number of aryl methyl sites for hydroxylation is 1. The molecule has 15 atom stereocenters. The molecular formula is C70H118N12O15. The van der Waals surface area contributed by atoms with Crippen LogP contribution in [0, 0.1) is 36.5 Å². The van der Waals surface area contributed by atoms with Crippen molar-refractivity contribution in [2.75, 3.05) is 53.5 Å². The summed E-state index contributed by atoms with van der Waals surface area (Å²) in [6, 6.07) is -3.04. The highest BCUT2D eigenvalue weighted by Gasteiger charge is 2.42. The van der Waals surface area contributed by atoms with Crippen LogP contribution in [0.15, 0.2) is 24.3 Å². The molecule has 3 aliphatic rings. The van der Waals surface area contributed by atoms with E-state index in [9.17, 15) is 53.4 Å². The minimum absolute atomic E-state index is 0.114. The molecule has 2 heterocycles. The van der Waals surface area contributed by atoms with Crippen LogP contribution < -0.4 is 53.6 Å². The molecule has 0 aromatic heterocycles. The Bertz CT molecular complexity index is 2710. The number of ether oxygens (including phenoxy) is 2. The van der Waals surface area contributed by atoms with E-state index < -0.39 is 163 Å². The molecule has 1 unspecified atom stereocenters. The zero-order valence-electron chi connectivity index (χ0n) is 59.8. The summed E-state index contributed by atoms with van der Waals surface area (Å²) in [7, 11) is 3.05. The third-order valence-electron chi connectivity index (χ3n) is 19.4. The van der Waals surface area contributed by atoms with Crippen molar-refractivity contribution in [3.63, 3.8) is 0 Å². The third kappa shape index (κ3) is 25.8. The van der Waals surface area contributed by atoms with E-state index in [2.05, 4.69) is 54.8 Å². The SMILES string of the molecule is CCCCCC[C@H]1OC(=O)CNC(=O)[C@H]([C@H](C)O)NC(=O)[C@H](CNC(CC)CCC[C@H]2OCCNC(=O)[C@H](CO)NC(=O)[C@H](CN)NC(=O)[C@H]([C@H](C)CC)NC(=O)[C@H](CC(C)C)N(C)C(=O)[C@@H]2Cc2ccc(C)cc2)NC(=O)[C@H](C2CCCCC2)NC(=O)[C@H](CC)N(C)C(=O)[C@@H]1C. The lowest BCUT2D eigenvalue weighted by Gasteiger charge is -2.36. The van der Waals surface area contributed by atoms with Gasteiger partial charge in [0, 0.05) is 39.8 Å². The number of esters is 1. The number of nitrogens with two attached hydrogens (primary N) is 1. The maximum Gasteiger partial charge on any atom is 0.325 e. The summed E-state index contributed by atoms with van der Waals surface area (Å²) in [4.78, 5) is 160. The van der Waals surface area contributed by atoms with Gasteiger partial charge in [0.1, 0.15) is 61.0 Å². The standard InChI is InChI=1S/C70H118N12O15/c1-13-17-18-22-27-55-44(9)69(94)81(11)53(16-4)64(89)80-60(47-24-20-19-21-25-47)68(93)76-51(63(88)79-59(45(10)84)66(91)74-39-57(85)97-55)38-73-48(15-3)26-23-28-56-49(36-46-31-29-42(7)30-32-46)70(95)82(12)54(35-41(5)6)65(90)78-58(43(8)14-2)67(92)75-50(37-71)62(87)77-52(40-83)61(86)72-33-34-96-56/h29-32,41,43-45,47-56,58-60,73,83-84H,13-28,33-40,71H2,1-12H3,(H,72,86)(H,74,91)(H,75,92)(H,76,93)(H,77,87)(H,78,90)(H,79,88)(H,80,89)/t43-,44-,45+,48?,49-,50+,51+,52+,53+,54+,55-,56-,58+,59+,60+/m1/s1. The first-order valence-corrected chi connectivity index (χ1v) is 35.6. The van der Waals surface area contributed by atoms with Crippen molar-refractivity contribution in [2.24, 2.45) is 35.3 Å². The summed E-state index contributed by atoms with van der Waals surface area (Å²) in [5.41, 5.74) is 7.75. The Morgan fingerprint density at radius 3 is 1.88 bits per heavy atom. The van der Waals surface area contributed by atoms with Gasteiger partial charge in [0.05, 0.1) is 37.3 Å². The first kappa shape index (κ1) is 82.6. The fraction of sp³-hybridized carbons (Fsp3) is 0.757. The van der Waals surface area contributed by atoms with Gasteiger partial charge in [0.2, 0.25) is 59.1 Å². The van der Waals surface area contributed by atoms with Crippen LogP contribution >= 0.6 is 0 Å². The molecule has 27 nitrogen and oxygen atoms in total. The van der Waals surface area contributed by atoms with E-state index >= 15 is 9.59 Å². The van der Waals surface area contributed by atoms with Gasteiger partial charge < -0.3 is 83.1 Å². The highest BCUT2D eigenvalue weighted by molar-refractivity contribution is 5.98. The molecule has 97 heavy (non-hydrogen) atoms. The van der Waals surface area contributed by atoms with Crippen molar-refractivity contribution in [2.45, 2.75) is 258 Å². The number of cyclic esters (lactones) is 1. The van der Waals surface area contributed by atoms with Gasteiger partial charge in [-0.3, -0.25) is 52.7 Å². The Kier molecular flexibility index (Phi) is 36.0. The quantitative estimate of drug-likeness (QED) is 0.0519. The summed E-state index contributed by atoms with van der Waals surface area (Å²) in [6.07, 6.45) is 6.45. The van der Waals surface area contributed by atoms with Gasteiger partial charge in [-0.1, -0.05) is 130 Å². The molecule has 548 valence electrons. The number of unbranched alkanes of at least 4 members (excludes halogenated alkanes) is 3. The molecule has 4 rings (SSSR count). The fourth-order valence-corrected chi connectivity index (χ4v) is 13.0. The number of hydrogen-bond donors (Lipinski definition) is 12. The van der Waals surface area contributed by atoms with Crippen LogP contribution in [0.2, 0.25) is 0 Å². The smallest absolute Gasteiger partial charge is 0.325 e. The molecule has 0 bridgehead atoms. The van der Waals surface area contributed by atoms with Crippen molar-refractivity contribution < 1.29 is 72.4 Å². The zero-order chi connectivity index (χ0) is 72.1. The van der Waals surface area contributed by atoms with Crippen LogP contribution in [0.3, 0.4) is 0 Å². The second-order valence-corrected chi connectivity index (χ2v) is 27.4. The number of carbonyl (C=O) groups excluding carboxylic acids is 11. The van der Waals surface area contributed by atoms with Crippen molar-refractivity contribution in [1.82, 2.24) is 57.7 Å². The van der Waals surface area contributed by atoms with Gasteiger partial charge in [-0.05, 0) is 108 Å². The van der Waals surface area contributed by atoms with Crippen LogP contribution in [0.1, 0.15) is 183 Å². The van der Waals surface area contributed by atoms with Gasteiger partial charge in [-0.15, -0.1) is 0 Å². The van der Waals surface area contributed by atoms with Crippen LogP contribution in [0.5, 0.6) is 0 Å². The summed E-state index contributed by atoms with van der Waals surface area (Å²) >= 11 is 0. The minimum Gasteiger partial charge on any atom is -0.460 e. The molecule has 10 amide bonds. The van der Waals surface area contributed by atoms with Crippen molar-refractivity contribution in [3.05, 3.63) is 35.4 Å². The Hall–Kier alpha value is -6.81. The number of hydrogen-bond acceptors (Lipinski definition) is 17. The maximum atomic E-state index is 15.5. The number of aliphatic hydroxyl groups excluding tert-OH is 2. The number of nitrogens with zero attached hydrogens (tertiary/aromatic N) is 2. The molecular weight excluding hydrogens is 1250 g/mol. The first-order chi connectivity index (χ1) is 46.1. The predicted molar refractivity (Wildman–Crippen MR) is 366 cm³/mol. The number of benzene rings is 1. The van der Waals surface area contributed by atoms with Gasteiger partial charge in [-0.2, -0.15) is 0 Å². The summed E-state index contributed by atoms with van der Waals surface area (Å²) in [6.45, 7) is 15.6. The van der Waals surface area contributed by atoms with Gasteiger partial charge in [0.15, 0.2) is 0 Å². The lowest BCUT2D eigenvalue weighted by Crippen LogP contribution is -2.63. The van der Waals surface area contributed by atoms with E-state index in [0.29, 0.717) is 51.4 Å². The van der Waals surface area contributed by atoms with E-state index in [4.69, 9.17) is 15.2 Å². The minimum atomic E-state index is -1.63. The molecule has 1 saturated carbocycles. The number of carbonyl (C=O) groups is 11. The molecule has 3 fully saturated rings. The largest absolute Gasteiger partial charge is 0.460 e. The number of nitrogens with one attached hydrogen (secondary N) is 9. The van der Waals surface area contributed by atoms with E-state index in [1.807, 2.05) is 58.9 Å². The molecule has 2 saturated heterocycles. The van der Waals surface area contributed by atoms with Gasteiger partial charge >= 0.3 is 5.97 Å². The maximum absolute atomic E-state index is 15.5. The number of amides is 10. The Labute approximate surface area is 574 Å². The molecule has 27 heteroatoms. The molecule has 13 N–H and O–H groups in total. The normalized spacial score (nSPS) is 27.9. The van der Waals surface area contributed by atoms with Crippen LogP contribution in [-0.4, -0.2) is 211 Å². The lowest BCUT2D eigenvalue weighted by molar-refractivity contribution is -0.157. The molecule has 0 spiro atoms. The van der Waals surface area contributed by atoms with E-state index in [1.54, 1.807) is 27.8 Å². The third-order valence-corrected chi connectivity index (χ3v) is 19.4. The Morgan fingerprint density at radius 2 is 1.27 bits per heavy atom. The van der Waals surface area contributed by atoms with Crippen LogP contribution in [0.25, 0.3) is 0 Å². The molecule has 1 aromatic carbocycles. The van der Waals surface area contributed by atoms with E-state index in [1.165, 1.54) is 23.8 Å². The number of aliphatic hydroxyl groups is 2. The molecule has 1 aromatic rings. The average Bonchev–Trinajstić information content (AvgIpc) is 1.28. The first-order valence-electron chi connectivity index (χ1n) is 35.6. The van der Waals surface area contributed by atoms with E-state index in [0.717, 1.165) is 49.7 Å². The Morgan fingerprint density at radius 1 is 0.649 bits per heavy atom. The topological polar surface area (TPSA) is 387 Å². The van der Waals surface area contributed by atoms with Crippen LogP contribution in [-0.2, 0) is 68.6 Å². The fourth-order valence-electron chi connectivity index (χ4n) is 13.0. The van der Waals surface area contributed by atoms with Crippen LogP contribution in [0.4, 0.5) is 0 Å². The summed E-state index contributed by atoms with van der Waals surface area (Å²) < 4.78 is 12.6. The predicted octanol–water partition coefficient (Wildman–Crippen LogP) is 1.83. The molecule has 0 radical (unpaired) electrons. The average molecular weight is 1370 g/mol. The zero-order valence-corrected chi connectivity index (χ0v) is 59.8. The lowest BCUT2D eigenvalue weighted by atomic mass is 9.83. The van der Waals surface area contributed by atoms with Crippen molar-refractivity contribution >= 4 is 65.0 Å². The highest BCUT2D eigenvalue weighted by atomic mass is 16.5. The summed E-state index contributed by atoms with van der Waals surface area (Å²) in [5, 5.41) is 46.4. The Balaban J connectivity index is 1.76. The van der Waals surface area contributed by atoms with Crippen molar-refractivity contribution in [1.29, 1.82) is 0 Å². The van der Waals surface area contributed by atoms with Crippen molar-refractivity contribution in [3.8, 4) is 0 Å². The monoisotopic (exact) mass is 1370 g/mol. The second-order valence-electron chi connectivity index (χ2n) is 27.4. The van der Waals surface area contributed by atoms with Gasteiger partial charge in [0.25, 0.3) is 0 Å². The number of likely N-dealkylation sites (N-methyl/N-ethyl adjacent to an activating group) is 2. The molecule has 1 aliphatic carbocycles. The van der Waals surface area contributed by atoms with E-state index in [-0.39, 0.29) is 69.8 Å². The number of rotatable bonds is 24. The summed E-state index contributed by atoms with van der Waals surface area (Å²) in [5.74, 6) is -10.5. The molecule has 2 aliphatic heterocycles. The second kappa shape index (κ2) is 42.2.